The summed E-state index contributed by atoms with van der Waals surface area (Å²) in [6, 6.07) is 20.6. The summed E-state index contributed by atoms with van der Waals surface area (Å²) in [5.74, 6) is 1.55. The van der Waals surface area contributed by atoms with Crippen molar-refractivity contribution in [3.05, 3.63) is 77.5 Å². The minimum Gasteiger partial charge on any atom is -0.401 e. The molecular formula is C24H28NOP. The lowest BCUT2D eigenvalue weighted by Crippen LogP contribution is -2.57. The second-order valence-corrected chi connectivity index (χ2v) is 12.3. The molecule has 0 radical (unpaired) electrons. The first-order valence-corrected chi connectivity index (χ1v) is 12.1. The van der Waals surface area contributed by atoms with Crippen molar-refractivity contribution in [1.82, 2.24) is 0 Å². The maximum Gasteiger partial charge on any atom is 0.125 e. The van der Waals surface area contributed by atoms with Crippen molar-refractivity contribution in [1.29, 1.82) is 0 Å². The number of benzene rings is 2. The molecule has 6 rings (SSSR count). The lowest BCUT2D eigenvalue weighted by Gasteiger charge is -2.62. The predicted molar refractivity (Wildman–Crippen MR) is 113 cm³/mol. The van der Waals surface area contributed by atoms with Crippen molar-refractivity contribution in [3.63, 3.8) is 0 Å². The molecule has 3 heteroatoms. The molecule has 2 aromatic rings. The number of nitrogens with two attached hydrogens (primary N) is 1. The molecule has 140 valence electrons. The summed E-state index contributed by atoms with van der Waals surface area (Å²) >= 11 is 0. The normalized spacial score (nSPS) is 36.2. The predicted octanol–water partition coefficient (Wildman–Crippen LogP) is 5.94. The topological polar surface area (TPSA) is 43.1 Å². The highest BCUT2D eigenvalue weighted by Crippen LogP contribution is 2.79. The average molecular weight is 377 g/mol. The zero-order valence-corrected chi connectivity index (χ0v) is 17.0. The van der Waals surface area contributed by atoms with Crippen LogP contribution in [0.25, 0.3) is 5.31 Å². The van der Waals surface area contributed by atoms with Crippen molar-refractivity contribution in [2.24, 2.45) is 28.9 Å². The van der Waals surface area contributed by atoms with Crippen LogP contribution in [0, 0.1) is 23.2 Å². The zero-order valence-electron chi connectivity index (χ0n) is 16.1. The maximum absolute atomic E-state index is 14.7. The molecule has 0 aromatic heterocycles. The lowest BCUT2D eigenvalue weighted by molar-refractivity contribution is -0.0903. The summed E-state index contributed by atoms with van der Waals surface area (Å²) in [6.07, 6.45) is 2.96. The Morgan fingerprint density at radius 1 is 1.00 bits per heavy atom. The molecule has 0 amide bonds. The van der Waals surface area contributed by atoms with Crippen LogP contribution in [-0.2, 0) is 10.7 Å². The molecule has 5 atom stereocenters. The van der Waals surface area contributed by atoms with E-state index in [1.54, 1.807) is 0 Å². The zero-order chi connectivity index (χ0) is 18.8. The summed E-state index contributed by atoms with van der Waals surface area (Å²) < 4.78 is 14.7. The van der Waals surface area contributed by atoms with Crippen molar-refractivity contribution in [3.8, 4) is 0 Å². The molecule has 3 aliphatic carbocycles. The molecule has 0 saturated heterocycles. The molecule has 3 fully saturated rings. The molecular weight excluding hydrogens is 349 g/mol. The van der Waals surface area contributed by atoms with Gasteiger partial charge in [-0.25, -0.2) is 0 Å². The van der Waals surface area contributed by atoms with Gasteiger partial charge in [-0.2, -0.15) is 0 Å². The monoisotopic (exact) mass is 377 g/mol. The van der Waals surface area contributed by atoms with Gasteiger partial charge in [0.25, 0.3) is 0 Å². The van der Waals surface area contributed by atoms with Gasteiger partial charge in [-0.05, 0) is 41.2 Å². The summed E-state index contributed by atoms with van der Waals surface area (Å²) in [4.78, 5) is 0. The summed E-state index contributed by atoms with van der Waals surface area (Å²) in [7, 11) is -2.62. The van der Waals surface area contributed by atoms with Crippen LogP contribution in [0.2, 0.25) is 0 Å². The summed E-state index contributed by atoms with van der Waals surface area (Å²) in [6.45, 7) is 4.77. The first kappa shape index (κ1) is 17.3. The van der Waals surface area contributed by atoms with Gasteiger partial charge in [0.15, 0.2) is 0 Å². The number of allylic oxidation sites excluding steroid dienone is 1. The van der Waals surface area contributed by atoms with E-state index in [2.05, 4.69) is 38.1 Å². The second kappa shape index (κ2) is 5.85. The maximum atomic E-state index is 14.7. The molecule has 2 aromatic carbocycles. The van der Waals surface area contributed by atoms with Crippen LogP contribution in [0.3, 0.4) is 0 Å². The van der Waals surface area contributed by atoms with Gasteiger partial charge in [0.05, 0.1) is 0 Å². The highest BCUT2D eigenvalue weighted by Gasteiger charge is 2.65. The standard InChI is InChI=1S/C24H28NOP/c1-24(2)18-13-19(24)21-20(14-18)27(26,15-16-9-5-3-6-10-16)23(22(21)25)17-11-7-4-8-12-17/h3-12,18-21H,13-15,25H2,1-2H3/t18-,19-,20-,21-,27-/m1/s1. The Labute approximate surface area is 162 Å². The Balaban J connectivity index is 1.65. The second-order valence-electron chi connectivity index (χ2n) is 9.30. The van der Waals surface area contributed by atoms with E-state index >= 15 is 0 Å². The largest absolute Gasteiger partial charge is 0.401 e. The van der Waals surface area contributed by atoms with E-state index in [4.69, 9.17) is 5.73 Å². The molecule has 0 spiro atoms. The van der Waals surface area contributed by atoms with E-state index < -0.39 is 7.14 Å². The fourth-order valence-corrected chi connectivity index (χ4v) is 10.3. The molecule has 4 aliphatic rings. The Bertz CT molecular complexity index is 947. The van der Waals surface area contributed by atoms with Gasteiger partial charge in [0.1, 0.15) is 7.14 Å². The van der Waals surface area contributed by atoms with Gasteiger partial charge in [-0.1, -0.05) is 74.5 Å². The van der Waals surface area contributed by atoms with Crippen LogP contribution in [0.5, 0.6) is 0 Å². The minimum atomic E-state index is -2.62. The van der Waals surface area contributed by atoms with Crippen LogP contribution in [0.4, 0.5) is 0 Å². The first-order chi connectivity index (χ1) is 12.9. The third-order valence-electron chi connectivity index (χ3n) is 7.77. The third-order valence-corrected chi connectivity index (χ3v) is 11.5. The Hall–Kier alpha value is -1.79. The van der Waals surface area contributed by atoms with Gasteiger partial charge in [0.2, 0.25) is 0 Å². The fraction of sp³-hybridized carbons (Fsp3) is 0.417. The SMILES string of the molecule is CC1(C)[C@@H]2C[C@@H]1[C@H]1C(N)=C(c3ccccc3)[P@@](=O)(Cc3ccccc3)[C@@H]1C2. The number of rotatable bonds is 3. The third kappa shape index (κ3) is 2.36. The molecule has 1 heterocycles. The molecule has 0 unspecified atom stereocenters. The molecule has 2 nitrogen and oxygen atoms in total. The Morgan fingerprint density at radius 3 is 2.26 bits per heavy atom. The molecule has 2 N–H and O–H groups in total. The Morgan fingerprint density at radius 2 is 1.63 bits per heavy atom. The quantitative estimate of drug-likeness (QED) is 0.673. The van der Waals surface area contributed by atoms with E-state index in [-0.39, 0.29) is 11.6 Å². The van der Waals surface area contributed by atoms with Crippen molar-refractivity contribution in [2.75, 3.05) is 0 Å². The van der Waals surface area contributed by atoms with Crippen LogP contribution in [0.1, 0.15) is 37.8 Å². The molecule has 1 aliphatic heterocycles. The highest BCUT2D eigenvalue weighted by molar-refractivity contribution is 7.74. The van der Waals surface area contributed by atoms with Crippen molar-refractivity contribution >= 4 is 12.5 Å². The highest BCUT2D eigenvalue weighted by atomic mass is 31.2. The van der Waals surface area contributed by atoms with Gasteiger partial charge in [-0.15, -0.1) is 0 Å². The fourth-order valence-electron chi connectivity index (χ4n) is 6.20. The molecule has 2 bridgehead atoms. The van der Waals surface area contributed by atoms with Gasteiger partial charge < -0.3 is 10.3 Å². The number of hydrogen-bond donors (Lipinski definition) is 1. The molecule has 27 heavy (non-hydrogen) atoms. The van der Waals surface area contributed by atoms with Crippen LogP contribution >= 0.6 is 7.14 Å². The van der Waals surface area contributed by atoms with Crippen molar-refractivity contribution in [2.45, 2.75) is 38.5 Å². The smallest absolute Gasteiger partial charge is 0.125 e. The average Bonchev–Trinajstić information content (AvgIpc) is 2.90. The van der Waals surface area contributed by atoms with Gasteiger partial charge in [-0.3, -0.25) is 0 Å². The first-order valence-electron chi connectivity index (χ1n) is 10.1. The summed E-state index contributed by atoms with van der Waals surface area (Å²) in [5.41, 5.74) is 10.6. The van der Waals surface area contributed by atoms with Crippen LogP contribution < -0.4 is 5.73 Å². The van der Waals surface area contributed by atoms with Gasteiger partial charge in [0, 0.05) is 28.8 Å². The lowest BCUT2D eigenvalue weighted by atomic mass is 9.45. The van der Waals surface area contributed by atoms with E-state index in [0.29, 0.717) is 23.4 Å². The van der Waals surface area contributed by atoms with Crippen LogP contribution in [-0.4, -0.2) is 5.66 Å². The van der Waals surface area contributed by atoms with E-state index in [1.807, 2.05) is 36.4 Å². The summed E-state index contributed by atoms with van der Waals surface area (Å²) in [5, 5.41) is 0.991. The van der Waals surface area contributed by atoms with Gasteiger partial charge >= 0.3 is 0 Å². The van der Waals surface area contributed by atoms with E-state index in [9.17, 15) is 4.57 Å². The number of hydrogen-bond acceptors (Lipinski definition) is 2. The minimum absolute atomic E-state index is 0.227. The molecule has 3 saturated carbocycles. The van der Waals surface area contributed by atoms with E-state index in [1.165, 1.54) is 12.0 Å². The van der Waals surface area contributed by atoms with Crippen LogP contribution in [0.15, 0.2) is 66.4 Å². The van der Waals surface area contributed by atoms with E-state index in [0.717, 1.165) is 23.0 Å². The van der Waals surface area contributed by atoms with Crippen molar-refractivity contribution < 1.29 is 4.57 Å². The Kier molecular flexibility index (Phi) is 3.75.